The topological polar surface area (TPSA) is 70.5 Å². The minimum absolute atomic E-state index is 0.0219. The maximum absolute atomic E-state index is 6.14. The molecule has 4 N–H and O–H groups in total. The van der Waals surface area contributed by atoms with Crippen LogP contribution in [0, 0.1) is 0 Å². The Hall–Kier alpha value is -0.940. The third-order valence-electron chi connectivity index (χ3n) is 4.39. The Morgan fingerprint density at radius 3 is 2.48 bits per heavy atom. The first kappa shape index (κ1) is 18.4. The summed E-state index contributed by atoms with van der Waals surface area (Å²) < 4.78 is 11.4. The molecule has 23 heavy (non-hydrogen) atoms. The van der Waals surface area contributed by atoms with Gasteiger partial charge in [0.25, 0.3) is 0 Å². The van der Waals surface area contributed by atoms with Gasteiger partial charge < -0.3 is 20.9 Å². The highest BCUT2D eigenvalue weighted by atomic mass is 16.7. The molecule has 1 fully saturated rings. The highest BCUT2D eigenvalue weighted by Crippen LogP contribution is 2.16. The zero-order chi connectivity index (χ0) is 16.5. The van der Waals surface area contributed by atoms with Gasteiger partial charge in [0.1, 0.15) is 0 Å². The summed E-state index contributed by atoms with van der Waals surface area (Å²) in [7, 11) is 0. The third-order valence-corrected chi connectivity index (χ3v) is 4.39. The second-order valence-corrected chi connectivity index (χ2v) is 6.78. The molecule has 1 saturated heterocycles. The fraction of sp³-hybridized carbons (Fsp3) is 0.684. The lowest BCUT2D eigenvalue weighted by molar-refractivity contribution is -0.168. The van der Waals surface area contributed by atoms with Crippen molar-refractivity contribution in [1.82, 2.24) is 0 Å². The van der Waals surface area contributed by atoms with Crippen molar-refractivity contribution in [3.05, 3.63) is 35.4 Å². The molecule has 130 valence electrons. The standard InChI is InChI=1S/C19H32N2O2/c1-15(20)5-11-18(21)12-10-16-6-8-17(9-7-16)14-23-19-4-2-3-13-22-19/h6-9,15,18-19H,2-5,10-14,20-21H2,1H3. The van der Waals surface area contributed by atoms with E-state index in [2.05, 4.69) is 24.3 Å². The van der Waals surface area contributed by atoms with E-state index in [0.29, 0.717) is 6.61 Å². The summed E-state index contributed by atoms with van der Waals surface area (Å²) >= 11 is 0. The Morgan fingerprint density at radius 2 is 1.83 bits per heavy atom. The Kier molecular flexibility index (Phi) is 8.03. The average molecular weight is 320 g/mol. The molecule has 1 aliphatic heterocycles. The van der Waals surface area contributed by atoms with E-state index >= 15 is 0 Å². The van der Waals surface area contributed by atoms with Crippen LogP contribution in [0.5, 0.6) is 0 Å². The summed E-state index contributed by atoms with van der Waals surface area (Å²) in [6.07, 6.45) is 7.38. The van der Waals surface area contributed by atoms with Gasteiger partial charge in [-0.25, -0.2) is 0 Å². The molecule has 0 bridgehead atoms. The van der Waals surface area contributed by atoms with Crippen LogP contribution in [0.1, 0.15) is 56.6 Å². The summed E-state index contributed by atoms with van der Waals surface area (Å²) in [4.78, 5) is 0. The summed E-state index contributed by atoms with van der Waals surface area (Å²) in [5.41, 5.74) is 14.4. The molecule has 1 aliphatic rings. The van der Waals surface area contributed by atoms with Crippen LogP contribution in [0.4, 0.5) is 0 Å². The lowest BCUT2D eigenvalue weighted by Gasteiger charge is -2.22. The van der Waals surface area contributed by atoms with Crippen LogP contribution in [0.25, 0.3) is 0 Å². The van der Waals surface area contributed by atoms with Crippen LogP contribution in [-0.4, -0.2) is 25.0 Å². The van der Waals surface area contributed by atoms with Gasteiger partial charge in [0, 0.05) is 18.7 Å². The van der Waals surface area contributed by atoms with Crippen LogP contribution < -0.4 is 11.5 Å². The van der Waals surface area contributed by atoms with Crippen molar-refractivity contribution in [3.63, 3.8) is 0 Å². The Morgan fingerprint density at radius 1 is 1.09 bits per heavy atom. The predicted octanol–water partition coefficient (Wildman–Crippen LogP) is 3.12. The van der Waals surface area contributed by atoms with Crippen LogP contribution in [0.15, 0.2) is 24.3 Å². The van der Waals surface area contributed by atoms with Gasteiger partial charge >= 0.3 is 0 Å². The second-order valence-electron chi connectivity index (χ2n) is 6.78. The Balaban J connectivity index is 1.67. The summed E-state index contributed by atoms with van der Waals surface area (Å²) in [6, 6.07) is 9.13. The predicted molar refractivity (Wildman–Crippen MR) is 94.0 cm³/mol. The van der Waals surface area contributed by atoms with Gasteiger partial charge in [-0.2, -0.15) is 0 Å². The van der Waals surface area contributed by atoms with E-state index in [1.807, 2.05) is 6.92 Å². The summed E-state index contributed by atoms with van der Waals surface area (Å²) in [5, 5.41) is 0. The number of nitrogens with two attached hydrogens (primary N) is 2. The molecule has 2 rings (SSSR count). The van der Waals surface area contributed by atoms with Crippen LogP contribution in [-0.2, 0) is 22.5 Å². The Labute approximate surface area is 140 Å². The van der Waals surface area contributed by atoms with Crippen molar-refractivity contribution in [2.75, 3.05) is 6.61 Å². The van der Waals surface area contributed by atoms with Gasteiger partial charge in [0.15, 0.2) is 6.29 Å². The first-order chi connectivity index (χ1) is 11.1. The van der Waals surface area contributed by atoms with E-state index in [0.717, 1.165) is 45.1 Å². The monoisotopic (exact) mass is 320 g/mol. The van der Waals surface area contributed by atoms with Gasteiger partial charge in [-0.1, -0.05) is 24.3 Å². The smallest absolute Gasteiger partial charge is 0.158 e. The quantitative estimate of drug-likeness (QED) is 0.733. The molecule has 4 nitrogen and oxygen atoms in total. The van der Waals surface area contributed by atoms with Crippen LogP contribution >= 0.6 is 0 Å². The second kappa shape index (κ2) is 10.0. The third kappa shape index (κ3) is 7.44. The average Bonchev–Trinajstić information content (AvgIpc) is 2.58. The van der Waals surface area contributed by atoms with Gasteiger partial charge in [-0.05, 0) is 63.0 Å². The lowest BCUT2D eigenvalue weighted by Crippen LogP contribution is -2.24. The highest BCUT2D eigenvalue weighted by molar-refractivity contribution is 5.22. The molecule has 0 aliphatic carbocycles. The van der Waals surface area contributed by atoms with E-state index in [1.54, 1.807) is 0 Å². The molecular formula is C19H32N2O2. The zero-order valence-corrected chi connectivity index (χ0v) is 14.4. The Bertz CT molecular complexity index is 428. The van der Waals surface area contributed by atoms with E-state index in [4.69, 9.17) is 20.9 Å². The summed E-state index contributed by atoms with van der Waals surface area (Å²) in [6.45, 7) is 3.48. The van der Waals surface area contributed by atoms with E-state index in [-0.39, 0.29) is 18.4 Å². The van der Waals surface area contributed by atoms with Crippen molar-refractivity contribution in [2.45, 2.75) is 76.9 Å². The number of rotatable bonds is 9. The molecule has 3 atom stereocenters. The molecule has 1 aromatic rings. The van der Waals surface area contributed by atoms with Crippen molar-refractivity contribution < 1.29 is 9.47 Å². The maximum Gasteiger partial charge on any atom is 0.158 e. The van der Waals surface area contributed by atoms with E-state index in [9.17, 15) is 0 Å². The normalized spacial score (nSPS) is 21.1. The van der Waals surface area contributed by atoms with Crippen molar-refractivity contribution in [2.24, 2.45) is 11.5 Å². The van der Waals surface area contributed by atoms with Crippen LogP contribution in [0.2, 0.25) is 0 Å². The molecule has 0 radical (unpaired) electrons. The number of hydrogen-bond donors (Lipinski definition) is 2. The number of benzene rings is 1. The molecule has 3 unspecified atom stereocenters. The number of hydrogen-bond acceptors (Lipinski definition) is 4. The first-order valence-electron chi connectivity index (χ1n) is 8.95. The molecule has 0 amide bonds. The number of ether oxygens (including phenoxy) is 2. The van der Waals surface area contributed by atoms with Crippen LogP contribution in [0.3, 0.4) is 0 Å². The van der Waals surface area contributed by atoms with Gasteiger partial charge in [-0.3, -0.25) is 0 Å². The molecule has 1 aromatic carbocycles. The van der Waals surface area contributed by atoms with Gasteiger partial charge in [-0.15, -0.1) is 0 Å². The molecule has 0 aromatic heterocycles. The molecule has 0 saturated carbocycles. The minimum atomic E-state index is -0.0219. The SMILES string of the molecule is CC(N)CCC(N)CCc1ccc(COC2CCCCO2)cc1. The van der Waals surface area contributed by atoms with E-state index < -0.39 is 0 Å². The van der Waals surface area contributed by atoms with Crippen molar-refractivity contribution in [3.8, 4) is 0 Å². The largest absolute Gasteiger partial charge is 0.353 e. The number of aryl methyl sites for hydroxylation is 1. The van der Waals surface area contributed by atoms with Crippen molar-refractivity contribution in [1.29, 1.82) is 0 Å². The fourth-order valence-electron chi connectivity index (χ4n) is 2.81. The summed E-state index contributed by atoms with van der Waals surface area (Å²) in [5.74, 6) is 0. The van der Waals surface area contributed by atoms with E-state index in [1.165, 1.54) is 17.5 Å². The first-order valence-corrected chi connectivity index (χ1v) is 8.95. The lowest BCUT2D eigenvalue weighted by atomic mass is 10.00. The van der Waals surface area contributed by atoms with Gasteiger partial charge in [0.05, 0.1) is 6.61 Å². The molecular weight excluding hydrogens is 288 g/mol. The molecule has 4 heteroatoms. The fourth-order valence-corrected chi connectivity index (χ4v) is 2.81. The highest BCUT2D eigenvalue weighted by Gasteiger charge is 2.13. The van der Waals surface area contributed by atoms with Gasteiger partial charge in [0.2, 0.25) is 0 Å². The minimum Gasteiger partial charge on any atom is -0.353 e. The zero-order valence-electron chi connectivity index (χ0n) is 14.4. The van der Waals surface area contributed by atoms with Crippen molar-refractivity contribution >= 4 is 0 Å². The molecule has 1 heterocycles. The molecule has 0 spiro atoms. The maximum atomic E-state index is 6.14.